The molecular weight excluding hydrogens is 290 g/mol. The Morgan fingerprint density at radius 1 is 1.33 bits per heavy atom. The van der Waals surface area contributed by atoms with Crippen LogP contribution in [-0.4, -0.2) is 16.1 Å². The maximum Gasteiger partial charge on any atom is 0.235 e. The van der Waals surface area contributed by atoms with E-state index in [1.54, 1.807) is 4.90 Å². The van der Waals surface area contributed by atoms with E-state index in [4.69, 9.17) is 16.0 Å². The zero-order valence-electron chi connectivity index (χ0n) is 12.4. The van der Waals surface area contributed by atoms with Gasteiger partial charge in [-0.25, -0.2) is 0 Å². The average Bonchev–Trinajstić information content (AvgIpc) is 2.97. The van der Waals surface area contributed by atoms with Gasteiger partial charge >= 0.3 is 0 Å². The van der Waals surface area contributed by atoms with Gasteiger partial charge in [0.15, 0.2) is 0 Å². The Morgan fingerprint density at radius 3 is 2.62 bits per heavy atom. The SMILES string of the molecule is CCc1ccc(Cl)c(CC)c1N(Cc1nnco1)C(C)=O. The van der Waals surface area contributed by atoms with Crippen molar-refractivity contribution in [3.8, 4) is 0 Å². The topological polar surface area (TPSA) is 59.2 Å². The van der Waals surface area contributed by atoms with Gasteiger partial charge in [0.2, 0.25) is 18.2 Å². The molecule has 0 bridgehead atoms. The van der Waals surface area contributed by atoms with E-state index in [2.05, 4.69) is 17.1 Å². The number of hydrogen-bond donors (Lipinski definition) is 0. The third-order valence-electron chi connectivity index (χ3n) is 3.39. The van der Waals surface area contributed by atoms with Gasteiger partial charge in [-0.05, 0) is 30.0 Å². The highest BCUT2D eigenvalue weighted by Gasteiger charge is 2.22. The smallest absolute Gasteiger partial charge is 0.235 e. The van der Waals surface area contributed by atoms with E-state index < -0.39 is 0 Å². The molecule has 1 amide bonds. The van der Waals surface area contributed by atoms with E-state index in [0.717, 1.165) is 29.7 Å². The van der Waals surface area contributed by atoms with Gasteiger partial charge in [0, 0.05) is 11.9 Å². The molecule has 0 saturated carbocycles. The third kappa shape index (κ3) is 3.24. The predicted octanol–water partition coefficient (Wildman–Crippen LogP) is 3.40. The fourth-order valence-corrected chi connectivity index (χ4v) is 2.65. The summed E-state index contributed by atoms with van der Waals surface area (Å²) in [7, 11) is 0. The van der Waals surface area contributed by atoms with Crippen LogP contribution >= 0.6 is 11.6 Å². The molecule has 0 atom stereocenters. The first-order valence-electron chi connectivity index (χ1n) is 6.91. The van der Waals surface area contributed by atoms with Crippen molar-refractivity contribution >= 4 is 23.2 Å². The molecule has 5 nitrogen and oxygen atoms in total. The number of aromatic nitrogens is 2. The summed E-state index contributed by atoms with van der Waals surface area (Å²) >= 11 is 6.30. The summed E-state index contributed by atoms with van der Waals surface area (Å²) in [4.78, 5) is 13.8. The molecule has 0 aliphatic carbocycles. The lowest BCUT2D eigenvalue weighted by molar-refractivity contribution is -0.116. The first-order valence-corrected chi connectivity index (χ1v) is 7.29. The zero-order chi connectivity index (χ0) is 15.4. The Bertz CT molecular complexity index is 626. The summed E-state index contributed by atoms with van der Waals surface area (Å²) in [5.74, 6) is 0.314. The number of carbonyl (C=O) groups is 1. The van der Waals surface area contributed by atoms with Gasteiger partial charge in [0.25, 0.3) is 0 Å². The van der Waals surface area contributed by atoms with Gasteiger partial charge in [0.1, 0.15) is 6.54 Å². The minimum absolute atomic E-state index is 0.0835. The third-order valence-corrected chi connectivity index (χ3v) is 3.75. The molecule has 0 fully saturated rings. The summed E-state index contributed by atoms with van der Waals surface area (Å²) in [6, 6.07) is 3.84. The summed E-state index contributed by atoms with van der Waals surface area (Å²) in [5.41, 5.74) is 2.90. The van der Waals surface area contributed by atoms with Gasteiger partial charge in [-0.1, -0.05) is 31.5 Å². The molecular formula is C15H18ClN3O2. The molecule has 6 heteroatoms. The molecule has 21 heavy (non-hydrogen) atoms. The molecule has 1 aromatic heterocycles. The van der Waals surface area contributed by atoms with Crippen LogP contribution in [-0.2, 0) is 24.2 Å². The number of anilines is 1. The number of benzene rings is 1. The zero-order valence-corrected chi connectivity index (χ0v) is 13.1. The minimum atomic E-state index is -0.0835. The Balaban J connectivity index is 2.53. The quantitative estimate of drug-likeness (QED) is 0.849. The van der Waals surface area contributed by atoms with Gasteiger partial charge in [-0.15, -0.1) is 10.2 Å². The van der Waals surface area contributed by atoms with Crippen molar-refractivity contribution in [3.63, 3.8) is 0 Å². The molecule has 0 aliphatic rings. The molecule has 0 spiro atoms. The summed E-state index contributed by atoms with van der Waals surface area (Å²) < 4.78 is 5.16. The Morgan fingerprint density at radius 2 is 2.10 bits per heavy atom. The first-order chi connectivity index (χ1) is 10.1. The maximum atomic E-state index is 12.1. The van der Waals surface area contributed by atoms with Gasteiger partial charge in [0.05, 0.1) is 5.69 Å². The number of rotatable bonds is 5. The summed E-state index contributed by atoms with van der Waals surface area (Å²) in [5, 5.41) is 8.17. The van der Waals surface area contributed by atoms with Crippen molar-refractivity contribution < 1.29 is 9.21 Å². The van der Waals surface area contributed by atoms with Crippen molar-refractivity contribution in [2.45, 2.75) is 40.2 Å². The van der Waals surface area contributed by atoms with Crippen molar-refractivity contribution in [2.75, 3.05) is 4.90 Å². The van der Waals surface area contributed by atoms with Crippen LogP contribution in [0, 0.1) is 0 Å². The van der Waals surface area contributed by atoms with Crippen LogP contribution in [0.2, 0.25) is 5.02 Å². The highest BCUT2D eigenvalue weighted by atomic mass is 35.5. The summed E-state index contributed by atoms with van der Waals surface area (Å²) in [6.07, 6.45) is 2.82. The molecule has 112 valence electrons. The highest BCUT2D eigenvalue weighted by Crippen LogP contribution is 2.33. The van der Waals surface area contributed by atoms with Crippen molar-refractivity contribution in [2.24, 2.45) is 0 Å². The van der Waals surface area contributed by atoms with E-state index in [-0.39, 0.29) is 12.5 Å². The van der Waals surface area contributed by atoms with Crippen LogP contribution in [0.3, 0.4) is 0 Å². The molecule has 0 saturated heterocycles. The molecule has 2 aromatic rings. The number of nitrogens with zero attached hydrogens (tertiary/aromatic N) is 3. The lowest BCUT2D eigenvalue weighted by Crippen LogP contribution is -2.30. The number of carbonyl (C=O) groups excluding carboxylic acids is 1. The van der Waals surface area contributed by atoms with E-state index in [1.807, 2.05) is 19.1 Å². The number of hydrogen-bond acceptors (Lipinski definition) is 4. The largest absolute Gasteiger partial charge is 0.426 e. The number of amides is 1. The Kier molecular flexibility index (Phi) is 4.96. The fraction of sp³-hybridized carbons (Fsp3) is 0.400. The second kappa shape index (κ2) is 6.72. The second-order valence-electron chi connectivity index (χ2n) is 4.68. The number of halogens is 1. The van der Waals surface area contributed by atoms with E-state index >= 15 is 0 Å². The van der Waals surface area contributed by atoms with Crippen LogP contribution in [0.25, 0.3) is 0 Å². The lowest BCUT2D eigenvalue weighted by atomic mass is 10.0. The van der Waals surface area contributed by atoms with Crippen molar-refractivity contribution in [1.82, 2.24) is 10.2 Å². The fourth-order valence-electron chi connectivity index (χ4n) is 2.37. The van der Waals surface area contributed by atoms with Crippen LogP contribution in [0.15, 0.2) is 22.9 Å². The van der Waals surface area contributed by atoms with E-state index in [0.29, 0.717) is 10.9 Å². The Labute approximate surface area is 128 Å². The molecule has 0 radical (unpaired) electrons. The second-order valence-corrected chi connectivity index (χ2v) is 5.09. The number of aryl methyl sites for hydroxylation is 1. The van der Waals surface area contributed by atoms with Gasteiger partial charge < -0.3 is 9.32 Å². The molecule has 0 N–H and O–H groups in total. The van der Waals surface area contributed by atoms with Crippen LogP contribution in [0.1, 0.15) is 37.8 Å². The van der Waals surface area contributed by atoms with Crippen LogP contribution in [0.5, 0.6) is 0 Å². The predicted molar refractivity (Wildman–Crippen MR) is 81.4 cm³/mol. The molecule has 2 rings (SSSR count). The van der Waals surface area contributed by atoms with Crippen LogP contribution in [0.4, 0.5) is 5.69 Å². The monoisotopic (exact) mass is 307 g/mol. The maximum absolute atomic E-state index is 12.1. The lowest BCUT2D eigenvalue weighted by Gasteiger charge is -2.26. The van der Waals surface area contributed by atoms with E-state index in [1.165, 1.54) is 13.3 Å². The first kappa shape index (κ1) is 15.5. The molecule has 0 unspecified atom stereocenters. The molecule has 1 aromatic carbocycles. The standard InChI is InChI=1S/C15H18ClN3O2/c1-4-11-6-7-13(16)12(5-2)15(11)19(10(3)20)8-14-18-17-9-21-14/h6-7,9H,4-5,8H2,1-3H3. The molecule has 1 heterocycles. The normalized spacial score (nSPS) is 10.7. The average molecular weight is 308 g/mol. The Hall–Kier alpha value is -1.88. The molecule has 0 aliphatic heterocycles. The minimum Gasteiger partial charge on any atom is -0.426 e. The van der Waals surface area contributed by atoms with Gasteiger partial charge in [-0.3, -0.25) is 4.79 Å². The van der Waals surface area contributed by atoms with Crippen LogP contribution < -0.4 is 4.90 Å². The van der Waals surface area contributed by atoms with Gasteiger partial charge in [-0.2, -0.15) is 0 Å². The highest BCUT2D eigenvalue weighted by molar-refractivity contribution is 6.32. The van der Waals surface area contributed by atoms with Crippen molar-refractivity contribution in [1.29, 1.82) is 0 Å². The summed E-state index contributed by atoms with van der Waals surface area (Å²) in [6.45, 7) is 5.85. The van der Waals surface area contributed by atoms with E-state index in [9.17, 15) is 4.79 Å². The van der Waals surface area contributed by atoms with Crippen molar-refractivity contribution in [3.05, 3.63) is 40.6 Å².